The minimum absolute atomic E-state index is 0.0944. The van der Waals surface area contributed by atoms with Gasteiger partial charge in [0.15, 0.2) is 5.69 Å². The van der Waals surface area contributed by atoms with Crippen LogP contribution in [0, 0.1) is 13.7 Å². The normalized spacial score (nSPS) is 9.50. The van der Waals surface area contributed by atoms with Crippen molar-refractivity contribution >= 4 is 34.0 Å². The molecule has 4 nitrogen and oxygen atoms in total. The summed E-state index contributed by atoms with van der Waals surface area (Å²) in [5.41, 5.74) is 0.942. The van der Waals surface area contributed by atoms with Crippen LogP contribution >= 0.6 is 22.6 Å². The van der Waals surface area contributed by atoms with Gasteiger partial charge in [-0.25, -0.2) is 5.54 Å². The summed E-state index contributed by atoms with van der Waals surface area (Å²) in [6, 6.07) is 4.32. The zero-order valence-electron chi connectivity index (χ0n) is 5.75. The van der Waals surface area contributed by atoms with E-state index in [4.69, 9.17) is 0 Å². The van der Waals surface area contributed by atoms with Crippen LogP contribution in [-0.2, 0) is 0 Å². The van der Waals surface area contributed by atoms with Crippen molar-refractivity contribution in [2.45, 2.75) is 0 Å². The molecule has 0 unspecified atom stereocenters. The molecule has 1 aromatic carbocycles. The Morgan fingerprint density at radius 1 is 1.58 bits per heavy atom. The van der Waals surface area contributed by atoms with Crippen LogP contribution < -0.4 is 5.54 Å². The first-order valence-electron chi connectivity index (χ1n) is 2.96. The highest BCUT2D eigenvalue weighted by Crippen LogP contribution is 2.28. The largest absolute Gasteiger partial charge is 0.295 e. The van der Waals surface area contributed by atoms with Crippen molar-refractivity contribution in [2.75, 3.05) is 5.54 Å². The molecule has 1 aromatic rings. The van der Waals surface area contributed by atoms with Gasteiger partial charge in [-0.2, -0.15) is 0 Å². The van der Waals surface area contributed by atoms with E-state index in [1.165, 1.54) is 17.7 Å². The second-order valence-electron chi connectivity index (χ2n) is 1.99. The first-order valence-corrected chi connectivity index (χ1v) is 4.04. The van der Waals surface area contributed by atoms with E-state index in [9.17, 15) is 14.6 Å². The molecule has 0 saturated carbocycles. The molecular formula is C6H4FIN2O2. The number of benzene rings is 1. The maximum absolute atomic E-state index is 12.0. The molecule has 0 aliphatic heterocycles. The Bertz CT molecular complexity index is 318. The highest BCUT2D eigenvalue weighted by atomic mass is 127. The highest BCUT2D eigenvalue weighted by Gasteiger charge is 2.15. The average molecular weight is 282 g/mol. The Balaban J connectivity index is 3.27. The van der Waals surface area contributed by atoms with E-state index in [2.05, 4.69) is 0 Å². The molecule has 0 bridgehead atoms. The van der Waals surface area contributed by atoms with Crippen LogP contribution in [-0.4, -0.2) is 4.92 Å². The minimum Gasteiger partial charge on any atom is -0.258 e. The van der Waals surface area contributed by atoms with Crippen LogP contribution in [0.2, 0.25) is 0 Å². The van der Waals surface area contributed by atoms with E-state index in [0.717, 1.165) is 0 Å². The van der Waals surface area contributed by atoms with Gasteiger partial charge in [0.1, 0.15) is 0 Å². The third kappa shape index (κ3) is 1.63. The third-order valence-electron chi connectivity index (χ3n) is 1.28. The van der Waals surface area contributed by atoms with E-state index in [1.807, 2.05) is 22.6 Å². The van der Waals surface area contributed by atoms with Crippen molar-refractivity contribution in [3.63, 3.8) is 0 Å². The summed E-state index contributed by atoms with van der Waals surface area (Å²) in [7, 11) is 0. The van der Waals surface area contributed by atoms with Gasteiger partial charge in [-0.1, -0.05) is 6.07 Å². The monoisotopic (exact) mass is 282 g/mol. The van der Waals surface area contributed by atoms with Crippen LogP contribution in [0.1, 0.15) is 0 Å². The minimum atomic E-state index is -0.635. The van der Waals surface area contributed by atoms with Crippen molar-refractivity contribution in [1.29, 1.82) is 0 Å². The summed E-state index contributed by atoms with van der Waals surface area (Å²) in [5, 5.41) is 10.3. The lowest BCUT2D eigenvalue weighted by Crippen LogP contribution is -1.95. The van der Waals surface area contributed by atoms with Crippen molar-refractivity contribution in [2.24, 2.45) is 0 Å². The van der Waals surface area contributed by atoms with Crippen LogP contribution in [0.3, 0.4) is 0 Å². The van der Waals surface area contributed by atoms with Crippen LogP contribution in [0.25, 0.3) is 0 Å². The van der Waals surface area contributed by atoms with E-state index in [-0.39, 0.29) is 11.4 Å². The Morgan fingerprint density at radius 3 is 2.67 bits per heavy atom. The maximum atomic E-state index is 12.0. The SMILES string of the molecule is O=[N+]([O-])c1cccc(I)c1NF. The molecule has 0 aliphatic rings. The lowest BCUT2D eigenvalue weighted by Gasteiger charge is -2.00. The lowest BCUT2D eigenvalue weighted by molar-refractivity contribution is -0.384. The van der Waals surface area contributed by atoms with Crippen LogP contribution in [0.5, 0.6) is 0 Å². The van der Waals surface area contributed by atoms with Gasteiger partial charge in [-0.05, 0) is 28.7 Å². The van der Waals surface area contributed by atoms with Gasteiger partial charge in [-0.3, -0.25) is 10.1 Å². The summed E-state index contributed by atoms with van der Waals surface area (Å²) < 4.78 is 12.5. The first kappa shape index (κ1) is 9.17. The molecule has 0 aromatic heterocycles. The van der Waals surface area contributed by atoms with Crippen molar-refractivity contribution in [1.82, 2.24) is 0 Å². The van der Waals surface area contributed by atoms with Crippen molar-refractivity contribution in [3.8, 4) is 0 Å². The number of nitrogens with zero attached hydrogens (tertiary/aromatic N) is 1. The smallest absolute Gasteiger partial charge is 0.258 e. The molecule has 6 heteroatoms. The van der Waals surface area contributed by atoms with Crippen molar-refractivity contribution < 1.29 is 9.40 Å². The topological polar surface area (TPSA) is 55.2 Å². The number of rotatable bonds is 2. The van der Waals surface area contributed by atoms with E-state index >= 15 is 0 Å². The van der Waals surface area contributed by atoms with E-state index in [0.29, 0.717) is 3.57 Å². The van der Waals surface area contributed by atoms with Gasteiger partial charge < -0.3 is 0 Å². The van der Waals surface area contributed by atoms with Gasteiger partial charge in [0, 0.05) is 9.64 Å². The van der Waals surface area contributed by atoms with E-state index < -0.39 is 4.92 Å². The molecule has 64 valence electrons. The number of anilines is 1. The molecule has 0 aliphatic carbocycles. The molecule has 0 fully saturated rings. The zero-order chi connectivity index (χ0) is 9.14. The molecule has 0 heterocycles. The fraction of sp³-hybridized carbons (Fsp3) is 0. The predicted octanol–water partition coefficient (Wildman–Crippen LogP) is 2.50. The average Bonchev–Trinajstić information content (AvgIpc) is 2.03. The van der Waals surface area contributed by atoms with Crippen molar-refractivity contribution in [3.05, 3.63) is 31.9 Å². The Kier molecular flexibility index (Phi) is 2.79. The molecule has 12 heavy (non-hydrogen) atoms. The van der Waals surface area contributed by atoms with Crippen LogP contribution in [0.15, 0.2) is 18.2 Å². The zero-order valence-corrected chi connectivity index (χ0v) is 7.91. The van der Waals surface area contributed by atoms with Gasteiger partial charge in [0.05, 0.1) is 4.92 Å². The third-order valence-corrected chi connectivity index (χ3v) is 2.18. The fourth-order valence-electron chi connectivity index (χ4n) is 0.758. The molecule has 1 N–H and O–H groups in total. The summed E-state index contributed by atoms with van der Waals surface area (Å²) >= 11 is 1.81. The molecule has 1 rings (SSSR count). The number of halogens is 2. The number of nitro groups is 1. The molecule has 0 amide bonds. The predicted molar refractivity (Wildman–Crippen MR) is 50.5 cm³/mol. The Labute approximate surface area is 81.0 Å². The molecule has 0 spiro atoms. The summed E-state index contributed by atoms with van der Waals surface area (Å²) in [6.07, 6.45) is 0. The molecule has 0 atom stereocenters. The van der Waals surface area contributed by atoms with Crippen LogP contribution in [0.4, 0.5) is 15.9 Å². The van der Waals surface area contributed by atoms with Gasteiger partial charge in [0.25, 0.3) is 5.69 Å². The number of para-hydroxylation sites is 1. The maximum Gasteiger partial charge on any atom is 0.295 e. The molecule has 0 radical (unpaired) electrons. The second kappa shape index (κ2) is 3.65. The molecule has 0 saturated heterocycles. The Hall–Kier alpha value is -0.920. The number of hydrogen-bond donors (Lipinski definition) is 1. The molecular weight excluding hydrogens is 278 g/mol. The fourth-order valence-corrected chi connectivity index (χ4v) is 1.34. The number of nitrogens with one attached hydrogen (secondary N) is 1. The quantitative estimate of drug-likeness (QED) is 0.392. The summed E-state index contributed by atoms with van der Waals surface area (Å²) in [5.74, 6) is 0. The standard InChI is InChI=1S/C6H4FIN2O2/c7-9-6-4(8)2-1-3-5(6)10(11)12/h1-3,9H. The van der Waals surface area contributed by atoms with Gasteiger partial charge in [-0.15, -0.1) is 4.48 Å². The highest BCUT2D eigenvalue weighted by molar-refractivity contribution is 14.1. The van der Waals surface area contributed by atoms with E-state index in [1.54, 1.807) is 6.07 Å². The summed E-state index contributed by atoms with van der Waals surface area (Å²) in [6.45, 7) is 0. The number of hydrogen-bond acceptors (Lipinski definition) is 3. The number of nitro benzene ring substituents is 1. The summed E-state index contributed by atoms with van der Waals surface area (Å²) in [4.78, 5) is 9.69. The first-order chi connectivity index (χ1) is 5.66. The second-order valence-corrected chi connectivity index (χ2v) is 3.15. The van der Waals surface area contributed by atoms with Gasteiger partial charge in [0.2, 0.25) is 0 Å². The lowest BCUT2D eigenvalue weighted by atomic mass is 10.3. The van der Waals surface area contributed by atoms with Gasteiger partial charge >= 0.3 is 0 Å². The Morgan fingerprint density at radius 2 is 2.25 bits per heavy atom.